The van der Waals surface area contributed by atoms with Gasteiger partial charge in [0, 0.05) is 25.8 Å². The van der Waals surface area contributed by atoms with Crippen molar-refractivity contribution in [2.24, 2.45) is 0 Å². The highest BCUT2D eigenvalue weighted by Gasteiger charge is 2.18. The normalized spacial score (nSPS) is 17.6. The molecule has 0 bridgehead atoms. The number of rotatable bonds is 5. The molecule has 2 aliphatic rings. The van der Waals surface area contributed by atoms with Crippen molar-refractivity contribution in [2.75, 3.05) is 18.0 Å². The Bertz CT molecular complexity index is 905. The van der Waals surface area contributed by atoms with Gasteiger partial charge in [0.05, 0.1) is 4.90 Å². The maximum absolute atomic E-state index is 12.7. The van der Waals surface area contributed by atoms with Gasteiger partial charge in [0.25, 0.3) is 0 Å². The number of hydrogen-bond donors (Lipinski definition) is 1. The van der Waals surface area contributed by atoms with Crippen molar-refractivity contribution in [1.82, 2.24) is 9.71 Å². The third-order valence-corrected chi connectivity index (χ3v) is 6.99. The average Bonchev–Trinajstić information content (AvgIpc) is 2.73. The zero-order chi connectivity index (χ0) is 18.7. The van der Waals surface area contributed by atoms with E-state index in [0.717, 1.165) is 43.7 Å². The molecule has 6 heteroatoms. The molecule has 1 fully saturated rings. The van der Waals surface area contributed by atoms with Gasteiger partial charge in [-0.05, 0) is 85.9 Å². The number of nitrogens with one attached hydrogen (secondary N) is 1. The van der Waals surface area contributed by atoms with E-state index in [-0.39, 0.29) is 6.54 Å². The summed E-state index contributed by atoms with van der Waals surface area (Å²) in [7, 11) is -3.51. The van der Waals surface area contributed by atoms with Crippen LogP contribution in [0, 0.1) is 0 Å². The minimum atomic E-state index is -3.51. The fourth-order valence-electron chi connectivity index (χ4n) is 4.01. The molecule has 2 aromatic rings. The molecular formula is C21H27N3O2S. The Morgan fingerprint density at radius 3 is 2.52 bits per heavy atom. The Morgan fingerprint density at radius 1 is 0.926 bits per heavy atom. The molecule has 27 heavy (non-hydrogen) atoms. The number of piperidine rings is 1. The maximum atomic E-state index is 12.7. The molecule has 1 aliphatic carbocycles. The first-order valence-corrected chi connectivity index (χ1v) is 11.4. The number of fused-ring (bicyclic) bond motifs is 1. The monoisotopic (exact) mass is 385 g/mol. The minimum absolute atomic E-state index is 0.281. The van der Waals surface area contributed by atoms with E-state index in [4.69, 9.17) is 0 Å². The summed E-state index contributed by atoms with van der Waals surface area (Å²) >= 11 is 0. The van der Waals surface area contributed by atoms with Crippen LogP contribution in [0.4, 0.5) is 5.82 Å². The summed E-state index contributed by atoms with van der Waals surface area (Å²) in [5, 5.41) is 0. The Kier molecular flexibility index (Phi) is 5.45. The second kappa shape index (κ2) is 7.98. The van der Waals surface area contributed by atoms with Crippen LogP contribution in [-0.4, -0.2) is 26.5 Å². The van der Waals surface area contributed by atoms with E-state index in [1.807, 2.05) is 24.3 Å². The van der Waals surface area contributed by atoms with Gasteiger partial charge in [-0.1, -0.05) is 6.07 Å². The Balaban J connectivity index is 1.46. The van der Waals surface area contributed by atoms with Crippen molar-refractivity contribution in [1.29, 1.82) is 0 Å². The average molecular weight is 386 g/mol. The maximum Gasteiger partial charge on any atom is 0.240 e. The Hall–Kier alpha value is -1.92. The summed E-state index contributed by atoms with van der Waals surface area (Å²) in [6.07, 6.45) is 9.79. The van der Waals surface area contributed by atoms with Crippen molar-refractivity contribution >= 4 is 15.8 Å². The summed E-state index contributed by atoms with van der Waals surface area (Å²) in [6, 6.07) is 9.44. The number of pyridine rings is 1. The molecule has 1 aliphatic heterocycles. The van der Waals surface area contributed by atoms with Gasteiger partial charge >= 0.3 is 0 Å². The van der Waals surface area contributed by atoms with E-state index in [9.17, 15) is 8.42 Å². The van der Waals surface area contributed by atoms with Gasteiger partial charge in [0.2, 0.25) is 10.0 Å². The zero-order valence-corrected chi connectivity index (χ0v) is 16.5. The molecule has 144 valence electrons. The van der Waals surface area contributed by atoms with Crippen molar-refractivity contribution < 1.29 is 8.42 Å². The molecule has 1 N–H and O–H groups in total. The molecule has 1 aromatic heterocycles. The topological polar surface area (TPSA) is 62.3 Å². The fourth-order valence-corrected chi connectivity index (χ4v) is 5.07. The summed E-state index contributed by atoms with van der Waals surface area (Å²) < 4.78 is 28.2. The van der Waals surface area contributed by atoms with Crippen LogP contribution in [0.25, 0.3) is 0 Å². The molecule has 0 amide bonds. The van der Waals surface area contributed by atoms with Gasteiger partial charge in [-0.15, -0.1) is 0 Å². The van der Waals surface area contributed by atoms with Crippen LogP contribution in [0.1, 0.15) is 48.8 Å². The number of anilines is 1. The third kappa shape index (κ3) is 4.33. The molecule has 0 radical (unpaired) electrons. The van der Waals surface area contributed by atoms with Crippen LogP contribution >= 0.6 is 0 Å². The molecule has 0 saturated carbocycles. The van der Waals surface area contributed by atoms with E-state index in [0.29, 0.717) is 4.90 Å². The summed E-state index contributed by atoms with van der Waals surface area (Å²) in [5.41, 5.74) is 3.41. The van der Waals surface area contributed by atoms with Crippen LogP contribution in [0.3, 0.4) is 0 Å². The van der Waals surface area contributed by atoms with Crippen molar-refractivity contribution in [3.05, 3.63) is 53.2 Å². The van der Waals surface area contributed by atoms with Crippen LogP contribution in [0.15, 0.2) is 41.4 Å². The number of benzene rings is 1. The molecule has 0 unspecified atom stereocenters. The van der Waals surface area contributed by atoms with Crippen LogP contribution in [0.2, 0.25) is 0 Å². The number of hydrogen-bond acceptors (Lipinski definition) is 4. The van der Waals surface area contributed by atoms with E-state index < -0.39 is 10.0 Å². The highest BCUT2D eigenvalue weighted by Crippen LogP contribution is 2.24. The summed E-state index contributed by atoms with van der Waals surface area (Å²) in [5.74, 6) is 0.945. The second-order valence-electron chi connectivity index (χ2n) is 7.53. The summed E-state index contributed by atoms with van der Waals surface area (Å²) in [6.45, 7) is 2.33. The van der Waals surface area contributed by atoms with E-state index in [1.54, 1.807) is 12.3 Å². The van der Waals surface area contributed by atoms with Gasteiger partial charge in [-0.25, -0.2) is 18.1 Å². The standard InChI is InChI=1S/C21H27N3O2S/c25-27(26,20-9-8-18-6-2-3-7-19(18)15-20)23-16-17-10-11-22-21(14-17)24-12-4-1-5-13-24/h8-11,14-15,23H,1-7,12-13,16H2. The predicted molar refractivity (Wildman–Crippen MR) is 107 cm³/mol. The van der Waals surface area contributed by atoms with E-state index in [1.165, 1.54) is 36.8 Å². The van der Waals surface area contributed by atoms with E-state index >= 15 is 0 Å². The van der Waals surface area contributed by atoms with Crippen LogP contribution in [-0.2, 0) is 29.4 Å². The van der Waals surface area contributed by atoms with E-state index in [2.05, 4.69) is 14.6 Å². The summed E-state index contributed by atoms with van der Waals surface area (Å²) in [4.78, 5) is 7.11. The van der Waals surface area contributed by atoms with Gasteiger partial charge < -0.3 is 4.90 Å². The lowest BCUT2D eigenvalue weighted by molar-refractivity contribution is 0.572. The van der Waals surface area contributed by atoms with Crippen LogP contribution < -0.4 is 9.62 Å². The first-order chi connectivity index (χ1) is 13.1. The highest BCUT2D eigenvalue weighted by molar-refractivity contribution is 7.89. The molecule has 4 rings (SSSR count). The molecule has 5 nitrogen and oxygen atoms in total. The Labute approximate surface area is 161 Å². The minimum Gasteiger partial charge on any atom is -0.357 e. The van der Waals surface area contributed by atoms with Crippen molar-refractivity contribution in [2.45, 2.75) is 56.4 Å². The SMILES string of the molecule is O=S(=O)(NCc1ccnc(N2CCCCC2)c1)c1ccc2c(c1)CCCC2. The number of aryl methyl sites for hydroxylation is 2. The third-order valence-electron chi connectivity index (χ3n) is 5.59. The lowest BCUT2D eigenvalue weighted by atomic mass is 9.92. The van der Waals surface area contributed by atoms with Gasteiger partial charge in [0.1, 0.15) is 5.82 Å². The van der Waals surface area contributed by atoms with Gasteiger partial charge in [-0.2, -0.15) is 0 Å². The van der Waals surface area contributed by atoms with Gasteiger partial charge in [0.15, 0.2) is 0 Å². The fraction of sp³-hybridized carbons (Fsp3) is 0.476. The smallest absolute Gasteiger partial charge is 0.240 e. The largest absolute Gasteiger partial charge is 0.357 e. The quantitative estimate of drug-likeness (QED) is 0.857. The van der Waals surface area contributed by atoms with Crippen LogP contribution in [0.5, 0.6) is 0 Å². The predicted octanol–water partition coefficient (Wildman–Crippen LogP) is 3.43. The second-order valence-corrected chi connectivity index (χ2v) is 9.30. The highest BCUT2D eigenvalue weighted by atomic mass is 32.2. The molecule has 0 atom stereocenters. The molecular weight excluding hydrogens is 358 g/mol. The number of nitrogens with zero attached hydrogens (tertiary/aromatic N) is 2. The number of aromatic nitrogens is 1. The molecule has 2 heterocycles. The first kappa shape index (κ1) is 18.4. The zero-order valence-electron chi connectivity index (χ0n) is 15.7. The van der Waals surface area contributed by atoms with Crippen molar-refractivity contribution in [3.63, 3.8) is 0 Å². The molecule has 1 aromatic carbocycles. The lowest BCUT2D eigenvalue weighted by Crippen LogP contribution is -2.30. The van der Waals surface area contributed by atoms with Crippen molar-refractivity contribution in [3.8, 4) is 0 Å². The number of sulfonamides is 1. The molecule has 0 spiro atoms. The van der Waals surface area contributed by atoms with Gasteiger partial charge in [-0.3, -0.25) is 0 Å². The first-order valence-electron chi connectivity index (χ1n) is 9.93. The Morgan fingerprint density at radius 2 is 1.70 bits per heavy atom. The molecule has 1 saturated heterocycles. The lowest BCUT2D eigenvalue weighted by Gasteiger charge is -2.27.